The van der Waals surface area contributed by atoms with Crippen molar-refractivity contribution in [2.24, 2.45) is 11.3 Å². The number of carbonyl (C=O) groups is 1. The predicted molar refractivity (Wildman–Crippen MR) is 178 cm³/mol. The van der Waals surface area contributed by atoms with Crippen molar-refractivity contribution in [3.05, 3.63) is 98.5 Å². The highest BCUT2D eigenvalue weighted by Crippen LogP contribution is 2.39. The second-order valence-electron chi connectivity index (χ2n) is 14.1. The van der Waals surface area contributed by atoms with Crippen molar-refractivity contribution in [3.8, 4) is 11.1 Å². The molecule has 3 atom stereocenters. The summed E-state index contributed by atoms with van der Waals surface area (Å²) in [6, 6.07) is 16.8. The molecule has 0 spiro atoms. The predicted octanol–water partition coefficient (Wildman–Crippen LogP) is 6.49. The first-order chi connectivity index (χ1) is 21.2. The number of aromatic amines is 1. The number of likely N-dealkylation sites (tertiary alicyclic amines) is 1. The fourth-order valence-corrected chi connectivity index (χ4v) is 7.43. The highest BCUT2D eigenvalue weighted by Gasteiger charge is 2.31. The minimum Gasteiger partial charge on any atom is -0.383 e. The molecule has 0 radical (unpaired) electrons. The van der Waals surface area contributed by atoms with Crippen LogP contribution >= 0.6 is 0 Å². The van der Waals surface area contributed by atoms with E-state index in [1.165, 1.54) is 35.1 Å². The number of pyridine rings is 1. The second kappa shape index (κ2) is 12.9. The average molecular weight is 594 g/mol. The second-order valence-corrected chi connectivity index (χ2v) is 14.1. The molecule has 232 valence electrons. The van der Waals surface area contributed by atoms with E-state index in [0.29, 0.717) is 23.8 Å². The summed E-state index contributed by atoms with van der Waals surface area (Å²) in [5, 5.41) is 3.43. The molecule has 2 heterocycles. The van der Waals surface area contributed by atoms with E-state index in [9.17, 15) is 9.59 Å². The topological polar surface area (TPSA) is 74.4 Å². The van der Waals surface area contributed by atoms with Crippen molar-refractivity contribution in [3.63, 3.8) is 0 Å². The Morgan fingerprint density at radius 2 is 1.84 bits per heavy atom. The number of hydrogen-bond acceptors (Lipinski definition) is 4. The number of nitrogens with zero attached hydrogens (tertiary/aromatic N) is 1. The lowest BCUT2D eigenvalue weighted by Crippen LogP contribution is -2.37. The molecular formula is C38H47N3O3. The highest BCUT2D eigenvalue weighted by molar-refractivity contribution is 6.00. The van der Waals surface area contributed by atoms with Gasteiger partial charge in [-0.2, -0.15) is 0 Å². The van der Waals surface area contributed by atoms with Gasteiger partial charge in [-0.1, -0.05) is 57.2 Å². The van der Waals surface area contributed by atoms with Crippen LogP contribution in [0.5, 0.6) is 0 Å². The van der Waals surface area contributed by atoms with Crippen molar-refractivity contribution in [2.75, 3.05) is 26.8 Å². The lowest BCUT2D eigenvalue weighted by Gasteiger charge is -2.35. The Bertz CT molecular complexity index is 1560. The first-order valence-electron chi connectivity index (χ1n) is 16.4. The van der Waals surface area contributed by atoms with Gasteiger partial charge in [0.25, 0.3) is 0 Å². The summed E-state index contributed by atoms with van der Waals surface area (Å²) in [5.74, 6) is 0.716. The van der Waals surface area contributed by atoms with Gasteiger partial charge in [-0.15, -0.1) is 0 Å². The van der Waals surface area contributed by atoms with E-state index in [2.05, 4.69) is 78.4 Å². The van der Waals surface area contributed by atoms with Crippen LogP contribution in [-0.2, 0) is 28.8 Å². The molecule has 2 N–H and O–H groups in total. The van der Waals surface area contributed by atoms with Crippen LogP contribution < -0.4 is 10.9 Å². The molecule has 2 aromatic carbocycles. The minimum absolute atomic E-state index is 0.0244. The molecule has 0 unspecified atom stereocenters. The van der Waals surface area contributed by atoms with E-state index in [4.69, 9.17) is 4.74 Å². The van der Waals surface area contributed by atoms with Crippen molar-refractivity contribution >= 4 is 12.0 Å². The van der Waals surface area contributed by atoms with Gasteiger partial charge in [0.1, 0.15) is 0 Å². The maximum absolute atomic E-state index is 13.8. The van der Waals surface area contributed by atoms with E-state index in [1.54, 1.807) is 19.4 Å². The van der Waals surface area contributed by atoms with Gasteiger partial charge in [-0.05, 0) is 107 Å². The number of ether oxygens (including phenoxy) is 1. The summed E-state index contributed by atoms with van der Waals surface area (Å²) in [5.41, 5.74) is 9.55. The first-order valence-corrected chi connectivity index (χ1v) is 16.4. The van der Waals surface area contributed by atoms with Crippen LogP contribution in [-0.4, -0.2) is 48.6 Å². The molecule has 1 aliphatic heterocycles. The number of benzene rings is 2. The highest BCUT2D eigenvalue weighted by atomic mass is 16.5. The molecule has 6 rings (SSSR count). The zero-order valence-corrected chi connectivity index (χ0v) is 26.7. The minimum atomic E-state index is -0.112. The Labute approximate surface area is 261 Å². The molecular weight excluding hydrogens is 546 g/mol. The number of rotatable bonds is 9. The average Bonchev–Trinajstić information content (AvgIpc) is 3.64. The van der Waals surface area contributed by atoms with E-state index in [0.717, 1.165) is 67.6 Å². The molecule has 0 bridgehead atoms. The van der Waals surface area contributed by atoms with Gasteiger partial charge in [0, 0.05) is 44.0 Å². The van der Waals surface area contributed by atoms with E-state index in [1.807, 2.05) is 6.07 Å². The third-order valence-electron chi connectivity index (χ3n) is 10.2. The molecule has 1 saturated heterocycles. The molecule has 1 fully saturated rings. The Kier molecular flexibility index (Phi) is 8.93. The Hall–Kier alpha value is -3.48. The largest absolute Gasteiger partial charge is 0.383 e. The first kappa shape index (κ1) is 30.5. The number of nitrogens with one attached hydrogen (secondary N) is 2. The Morgan fingerprint density at radius 1 is 1.05 bits per heavy atom. The molecule has 44 heavy (non-hydrogen) atoms. The molecule has 6 nitrogen and oxygen atoms in total. The summed E-state index contributed by atoms with van der Waals surface area (Å²) in [4.78, 5) is 30.6. The van der Waals surface area contributed by atoms with Gasteiger partial charge >= 0.3 is 0 Å². The third-order valence-corrected chi connectivity index (χ3v) is 10.2. The molecule has 6 heteroatoms. The molecule has 1 amide bonds. The van der Waals surface area contributed by atoms with Crippen molar-refractivity contribution < 1.29 is 9.53 Å². The summed E-state index contributed by atoms with van der Waals surface area (Å²) in [6.07, 6.45) is 11.2. The number of amides is 1. The smallest absolute Gasteiger partial charge is 0.248 e. The zero-order valence-electron chi connectivity index (χ0n) is 26.7. The number of fused-ring (bicyclic) bond motifs is 2. The van der Waals surface area contributed by atoms with Crippen molar-refractivity contribution in [2.45, 2.75) is 77.8 Å². The molecule has 2 aliphatic carbocycles. The normalized spacial score (nSPS) is 20.6. The standard InChI is InChI=1S/C38H47N3O3/c1-38(2,3)33-13-11-27-18-29-20-32(21-30(29)19-31(27)22-33)37(43)40-35(15-17-41-16-5-6-34(41)24-44-4)26-9-7-25(8-10-26)28-12-14-36(42)39-23-28/h7-10,12,14,18-19,21,23,33-35H,5-6,11,13,15-17,20,22,24H2,1-4H3,(H,39,42)(H,40,43)/t33-,34-,35+/m0/s1. The summed E-state index contributed by atoms with van der Waals surface area (Å²) in [7, 11) is 1.77. The lowest BCUT2D eigenvalue weighted by atomic mass is 9.70. The van der Waals surface area contributed by atoms with Gasteiger partial charge in [0.05, 0.1) is 12.6 Å². The van der Waals surface area contributed by atoms with E-state index < -0.39 is 0 Å². The van der Waals surface area contributed by atoms with E-state index in [-0.39, 0.29) is 17.5 Å². The zero-order chi connectivity index (χ0) is 30.8. The Morgan fingerprint density at radius 3 is 2.57 bits per heavy atom. The quantitative estimate of drug-likeness (QED) is 0.297. The van der Waals surface area contributed by atoms with Crippen molar-refractivity contribution in [1.29, 1.82) is 0 Å². The van der Waals surface area contributed by atoms with Crippen LogP contribution in [0.25, 0.3) is 17.2 Å². The fraction of sp³-hybridized carbons (Fsp3) is 0.474. The number of aromatic nitrogens is 1. The van der Waals surface area contributed by atoms with Gasteiger partial charge in [0.15, 0.2) is 0 Å². The van der Waals surface area contributed by atoms with Gasteiger partial charge in [0.2, 0.25) is 11.5 Å². The Balaban J connectivity index is 1.19. The summed E-state index contributed by atoms with van der Waals surface area (Å²) in [6.45, 7) is 9.79. The monoisotopic (exact) mass is 593 g/mol. The SMILES string of the molecule is COC[C@@H]1CCCN1CC[C@@H](NC(=O)C1=Cc2cc3c(cc2C1)CC[C@H](C(C)(C)C)C3)c1ccc(-c2ccc(=O)[nH]c2)cc1. The van der Waals surface area contributed by atoms with E-state index >= 15 is 0 Å². The van der Waals surface area contributed by atoms with Crippen LogP contribution in [0.3, 0.4) is 0 Å². The van der Waals surface area contributed by atoms with Gasteiger partial charge in [-0.25, -0.2) is 0 Å². The van der Waals surface area contributed by atoms with Crippen LogP contribution in [0.2, 0.25) is 0 Å². The third kappa shape index (κ3) is 6.77. The number of aryl methyl sites for hydroxylation is 1. The lowest BCUT2D eigenvalue weighted by molar-refractivity contribution is -0.118. The van der Waals surface area contributed by atoms with Crippen LogP contribution in [0.15, 0.2) is 65.1 Å². The molecule has 3 aliphatic rings. The van der Waals surface area contributed by atoms with Gasteiger partial charge in [-0.3, -0.25) is 14.5 Å². The van der Waals surface area contributed by atoms with Crippen LogP contribution in [0.4, 0.5) is 0 Å². The number of carbonyl (C=O) groups excluding carboxylic acids is 1. The molecule has 1 aromatic heterocycles. The summed E-state index contributed by atoms with van der Waals surface area (Å²) < 4.78 is 5.49. The maximum atomic E-state index is 13.8. The van der Waals surface area contributed by atoms with Crippen molar-refractivity contribution in [1.82, 2.24) is 15.2 Å². The maximum Gasteiger partial charge on any atom is 0.248 e. The molecule has 3 aromatic rings. The number of methoxy groups -OCH3 is 1. The van der Waals surface area contributed by atoms with Crippen LogP contribution in [0.1, 0.15) is 80.3 Å². The summed E-state index contributed by atoms with van der Waals surface area (Å²) >= 11 is 0. The fourth-order valence-electron chi connectivity index (χ4n) is 7.43. The molecule has 0 saturated carbocycles. The van der Waals surface area contributed by atoms with Gasteiger partial charge < -0.3 is 15.0 Å². The number of hydrogen-bond donors (Lipinski definition) is 2. The number of H-pyrrole nitrogens is 1. The van der Waals surface area contributed by atoms with Crippen LogP contribution in [0, 0.1) is 11.3 Å².